The minimum Gasteiger partial charge on any atom is -0.508 e. The van der Waals surface area contributed by atoms with Crippen LogP contribution in [0.2, 0.25) is 0 Å². The molecule has 23 heavy (non-hydrogen) atoms. The maximum atomic E-state index is 10.2. The van der Waals surface area contributed by atoms with Gasteiger partial charge in [0, 0.05) is 5.56 Å². The zero-order valence-corrected chi connectivity index (χ0v) is 15.2. The summed E-state index contributed by atoms with van der Waals surface area (Å²) in [7, 11) is 0. The summed E-state index contributed by atoms with van der Waals surface area (Å²) in [5, 5.41) is 20.0. The molecule has 0 amide bonds. The maximum absolute atomic E-state index is 10.2. The average molecular weight is 321 g/mol. The van der Waals surface area contributed by atoms with E-state index in [2.05, 4.69) is 6.92 Å². The van der Waals surface area contributed by atoms with Crippen LogP contribution >= 0.6 is 0 Å². The van der Waals surface area contributed by atoms with E-state index in [1.165, 1.54) is 64.2 Å². The predicted molar refractivity (Wildman–Crippen MR) is 98.9 cm³/mol. The first-order valence-electron chi connectivity index (χ1n) is 9.62. The topological polar surface area (TPSA) is 40.5 Å². The molecule has 0 aliphatic rings. The van der Waals surface area contributed by atoms with Crippen LogP contribution in [0.5, 0.6) is 5.75 Å². The number of benzene rings is 1. The smallest absolute Gasteiger partial charge is 0.121 e. The number of phenols is 1. The number of aromatic hydroxyl groups is 1. The van der Waals surface area contributed by atoms with Gasteiger partial charge in [0.25, 0.3) is 0 Å². The highest BCUT2D eigenvalue weighted by atomic mass is 16.3. The Bertz CT molecular complexity index is 414. The van der Waals surface area contributed by atoms with Crippen LogP contribution in [0.4, 0.5) is 0 Å². The SMILES string of the molecule is CCCCCCCCCCCCCC(O)c1cc(C)ccc1O. The second kappa shape index (κ2) is 12.4. The van der Waals surface area contributed by atoms with E-state index in [-0.39, 0.29) is 5.75 Å². The molecule has 1 aromatic rings. The standard InChI is InChI=1S/C21H36O2/c1-3-4-5-6-7-8-9-10-11-12-13-14-20(22)19-17-18(2)15-16-21(19)23/h15-17,20,22-23H,3-14H2,1-2H3. The Morgan fingerprint density at radius 2 is 1.35 bits per heavy atom. The lowest BCUT2D eigenvalue weighted by Crippen LogP contribution is -1.98. The summed E-state index contributed by atoms with van der Waals surface area (Å²) in [6.07, 6.45) is 14.7. The average Bonchev–Trinajstić information content (AvgIpc) is 2.54. The van der Waals surface area contributed by atoms with Gasteiger partial charge in [-0.3, -0.25) is 0 Å². The van der Waals surface area contributed by atoms with Crippen molar-refractivity contribution in [2.45, 2.75) is 97.0 Å². The Kier molecular flexibility index (Phi) is 10.8. The fourth-order valence-electron chi connectivity index (χ4n) is 3.10. The summed E-state index contributed by atoms with van der Waals surface area (Å²) in [4.78, 5) is 0. The molecule has 0 bridgehead atoms. The van der Waals surface area contributed by atoms with E-state index >= 15 is 0 Å². The Hall–Kier alpha value is -1.02. The van der Waals surface area contributed by atoms with Crippen molar-refractivity contribution in [1.82, 2.24) is 0 Å². The number of hydrogen-bond acceptors (Lipinski definition) is 2. The number of rotatable bonds is 13. The second-order valence-corrected chi connectivity index (χ2v) is 6.90. The molecule has 1 rings (SSSR count). The molecule has 1 aromatic carbocycles. The molecular formula is C21H36O2. The van der Waals surface area contributed by atoms with Crippen LogP contribution in [0, 0.1) is 6.92 Å². The van der Waals surface area contributed by atoms with Crippen LogP contribution in [-0.4, -0.2) is 10.2 Å². The van der Waals surface area contributed by atoms with Crippen LogP contribution in [0.15, 0.2) is 18.2 Å². The molecular weight excluding hydrogens is 284 g/mol. The van der Waals surface area contributed by atoms with E-state index in [1.807, 2.05) is 19.1 Å². The molecule has 0 saturated heterocycles. The summed E-state index contributed by atoms with van der Waals surface area (Å²) < 4.78 is 0. The largest absolute Gasteiger partial charge is 0.508 e. The third kappa shape index (κ3) is 9.00. The van der Waals surface area contributed by atoms with Crippen LogP contribution in [0.3, 0.4) is 0 Å². The van der Waals surface area contributed by atoms with E-state index in [1.54, 1.807) is 6.07 Å². The number of aliphatic hydroxyl groups is 1. The number of hydrogen-bond donors (Lipinski definition) is 2. The van der Waals surface area contributed by atoms with E-state index in [4.69, 9.17) is 0 Å². The summed E-state index contributed by atoms with van der Waals surface area (Å²) in [6.45, 7) is 4.25. The minimum absolute atomic E-state index is 0.214. The van der Waals surface area contributed by atoms with Crippen LogP contribution < -0.4 is 0 Å². The van der Waals surface area contributed by atoms with E-state index in [0.717, 1.165) is 18.4 Å². The van der Waals surface area contributed by atoms with Gasteiger partial charge in [-0.2, -0.15) is 0 Å². The zero-order chi connectivity index (χ0) is 16.9. The molecule has 1 unspecified atom stereocenters. The molecule has 0 saturated carbocycles. The molecule has 0 heterocycles. The lowest BCUT2D eigenvalue weighted by Gasteiger charge is -2.13. The summed E-state index contributed by atoms with van der Waals surface area (Å²) in [5.41, 5.74) is 1.76. The monoisotopic (exact) mass is 320 g/mol. The van der Waals surface area contributed by atoms with Gasteiger partial charge >= 0.3 is 0 Å². The summed E-state index contributed by atoms with van der Waals surface area (Å²) in [6, 6.07) is 5.43. The fourth-order valence-corrected chi connectivity index (χ4v) is 3.10. The number of unbranched alkanes of at least 4 members (excludes halogenated alkanes) is 10. The van der Waals surface area contributed by atoms with Gasteiger partial charge in [-0.1, -0.05) is 89.2 Å². The molecule has 0 aliphatic carbocycles. The molecule has 0 fully saturated rings. The van der Waals surface area contributed by atoms with Crippen LogP contribution in [0.1, 0.15) is 101 Å². The predicted octanol–water partition coefficient (Wildman–Crippen LogP) is 6.44. The molecule has 0 spiro atoms. The number of phenolic OH excluding ortho intramolecular Hbond substituents is 1. The Balaban J connectivity index is 2.01. The van der Waals surface area contributed by atoms with Crippen molar-refractivity contribution < 1.29 is 10.2 Å². The van der Waals surface area contributed by atoms with Crippen molar-refractivity contribution in [3.63, 3.8) is 0 Å². The van der Waals surface area contributed by atoms with Gasteiger partial charge in [0.2, 0.25) is 0 Å². The lowest BCUT2D eigenvalue weighted by molar-refractivity contribution is 0.159. The van der Waals surface area contributed by atoms with Crippen LogP contribution in [0.25, 0.3) is 0 Å². The lowest BCUT2D eigenvalue weighted by atomic mass is 9.99. The first kappa shape index (κ1) is 20.0. The molecule has 1 atom stereocenters. The Labute approximate surface area is 142 Å². The normalized spacial score (nSPS) is 12.5. The van der Waals surface area contributed by atoms with Crippen molar-refractivity contribution in [3.8, 4) is 5.75 Å². The fraction of sp³-hybridized carbons (Fsp3) is 0.714. The first-order valence-corrected chi connectivity index (χ1v) is 9.62. The molecule has 0 radical (unpaired) electrons. The van der Waals surface area contributed by atoms with Gasteiger partial charge < -0.3 is 10.2 Å². The van der Waals surface area contributed by atoms with Gasteiger partial charge in [0.1, 0.15) is 5.75 Å². The van der Waals surface area contributed by atoms with Gasteiger partial charge in [-0.25, -0.2) is 0 Å². The maximum Gasteiger partial charge on any atom is 0.121 e. The highest BCUT2D eigenvalue weighted by molar-refractivity contribution is 5.37. The van der Waals surface area contributed by atoms with Crippen LogP contribution in [-0.2, 0) is 0 Å². The van der Waals surface area contributed by atoms with Gasteiger partial charge in [0.15, 0.2) is 0 Å². The van der Waals surface area contributed by atoms with Crippen molar-refractivity contribution in [1.29, 1.82) is 0 Å². The minimum atomic E-state index is -0.534. The van der Waals surface area contributed by atoms with Crippen molar-refractivity contribution in [3.05, 3.63) is 29.3 Å². The third-order valence-corrected chi connectivity index (χ3v) is 4.62. The van der Waals surface area contributed by atoms with E-state index in [9.17, 15) is 10.2 Å². The highest BCUT2D eigenvalue weighted by Gasteiger charge is 2.11. The quantitative estimate of drug-likeness (QED) is 0.411. The van der Waals surface area contributed by atoms with Gasteiger partial charge in [0.05, 0.1) is 6.10 Å². The van der Waals surface area contributed by atoms with Gasteiger partial charge in [-0.15, -0.1) is 0 Å². The highest BCUT2D eigenvalue weighted by Crippen LogP contribution is 2.28. The molecule has 132 valence electrons. The van der Waals surface area contributed by atoms with Crippen molar-refractivity contribution >= 4 is 0 Å². The molecule has 2 heteroatoms. The Morgan fingerprint density at radius 3 is 1.91 bits per heavy atom. The summed E-state index contributed by atoms with van der Waals surface area (Å²) in [5.74, 6) is 0.214. The Morgan fingerprint density at radius 1 is 0.826 bits per heavy atom. The van der Waals surface area contributed by atoms with E-state index in [0.29, 0.717) is 5.56 Å². The number of aryl methyl sites for hydroxylation is 1. The van der Waals surface area contributed by atoms with Crippen molar-refractivity contribution in [2.75, 3.05) is 0 Å². The van der Waals surface area contributed by atoms with Crippen molar-refractivity contribution in [2.24, 2.45) is 0 Å². The summed E-state index contributed by atoms with van der Waals surface area (Å²) >= 11 is 0. The molecule has 2 N–H and O–H groups in total. The molecule has 2 nitrogen and oxygen atoms in total. The first-order chi connectivity index (χ1) is 11.1. The zero-order valence-electron chi connectivity index (χ0n) is 15.2. The number of aliphatic hydroxyl groups excluding tert-OH is 1. The molecule has 0 aliphatic heterocycles. The van der Waals surface area contributed by atoms with Gasteiger partial charge in [-0.05, 0) is 25.5 Å². The molecule has 0 aromatic heterocycles. The second-order valence-electron chi connectivity index (χ2n) is 6.90. The third-order valence-electron chi connectivity index (χ3n) is 4.62. The van der Waals surface area contributed by atoms with E-state index < -0.39 is 6.10 Å².